The zero-order valence-electron chi connectivity index (χ0n) is 27.5. The molecule has 0 bridgehead atoms. The zero-order chi connectivity index (χ0) is 34.1. The zero-order valence-corrected chi connectivity index (χ0v) is 27.5. The number of carbonyl (C=O) groups excluding carboxylic acids is 1. The summed E-state index contributed by atoms with van der Waals surface area (Å²) in [7, 11) is 1.52. The standard InChI is InChI=1S/C37H37F2N5O5/c1-4-32(45)43-13-14-44-30(23(43)2)22-29(41-44)36-33(34-28(39)20-25(38)21-31(34)48-19-18-46-3)27-10-16-49-37(27)35(40-36)24-6-8-26(9-7-24)47-17-15-42-11-5-12-42/h4,6-10,16,20-23H,1,5,11-15,17-19H2,2-3H3. The number of aromatic nitrogens is 3. The monoisotopic (exact) mass is 669 g/mol. The number of fused-ring (bicyclic) bond motifs is 2. The van der Waals surface area contributed by atoms with Gasteiger partial charge in [0.05, 0.1) is 36.7 Å². The predicted molar refractivity (Wildman–Crippen MR) is 180 cm³/mol. The van der Waals surface area contributed by atoms with Gasteiger partial charge in [-0.05, 0) is 68.9 Å². The molecule has 5 heterocycles. The summed E-state index contributed by atoms with van der Waals surface area (Å²) in [6.45, 7) is 10.4. The quantitative estimate of drug-likeness (QED) is 0.110. The van der Waals surface area contributed by atoms with Crippen molar-refractivity contribution in [3.05, 3.63) is 84.8 Å². The van der Waals surface area contributed by atoms with Crippen LogP contribution >= 0.6 is 0 Å². The predicted octanol–water partition coefficient (Wildman–Crippen LogP) is 6.50. The molecule has 1 atom stereocenters. The molecule has 2 aromatic carbocycles. The van der Waals surface area contributed by atoms with Gasteiger partial charge in [-0.25, -0.2) is 13.8 Å². The van der Waals surface area contributed by atoms with E-state index in [1.165, 1.54) is 25.9 Å². The minimum absolute atomic E-state index is 0.00678. The number of amides is 1. The Balaban J connectivity index is 1.37. The normalized spacial score (nSPS) is 16.0. The van der Waals surface area contributed by atoms with Gasteiger partial charge in [0.1, 0.15) is 53.4 Å². The summed E-state index contributed by atoms with van der Waals surface area (Å²) in [5, 5.41) is 5.45. The number of pyridine rings is 1. The lowest BCUT2D eigenvalue weighted by molar-refractivity contribution is -0.129. The summed E-state index contributed by atoms with van der Waals surface area (Å²) in [6, 6.07) is 12.9. The van der Waals surface area contributed by atoms with Crippen LogP contribution in [0.3, 0.4) is 0 Å². The van der Waals surface area contributed by atoms with Crippen molar-refractivity contribution < 1.29 is 32.2 Å². The molecular formula is C37H37F2N5O5. The van der Waals surface area contributed by atoms with Gasteiger partial charge in [-0.2, -0.15) is 5.10 Å². The summed E-state index contributed by atoms with van der Waals surface area (Å²) in [5.41, 5.74) is 3.61. The molecule has 2 aliphatic heterocycles. The lowest BCUT2D eigenvalue weighted by atomic mass is 9.95. The largest absolute Gasteiger partial charge is 0.492 e. The molecule has 5 aromatic rings. The molecular weight excluding hydrogens is 632 g/mol. The molecule has 1 unspecified atom stereocenters. The fourth-order valence-electron chi connectivity index (χ4n) is 6.45. The average Bonchev–Trinajstić information content (AvgIpc) is 3.74. The number of furan rings is 1. The first-order chi connectivity index (χ1) is 23.9. The lowest BCUT2D eigenvalue weighted by Crippen LogP contribution is -2.40. The third kappa shape index (κ3) is 6.29. The molecule has 3 aromatic heterocycles. The number of hydrogen-bond donors (Lipinski definition) is 0. The third-order valence-corrected chi connectivity index (χ3v) is 9.14. The lowest BCUT2D eigenvalue weighted by Gasteiger charge is -2.33. The topological polar surface area (TPSA) is 95.1 Å². The van der Waals surface area contributed by atoms with E-state index in [0.29, 0.717) is 53.3 Å². The fraction of sp³-hybridized carbons (Fsp3) is 0.324. The van der Waals surface area contributed by atoms with E-state index in [1.54, 1.807) is 11.0 Å². The first kappa shape index (κ1) is 32.5. The number of hydrogen-bond acceptors (Lipinski definition) is 8. The van der Waals surface area contributed by atoms with Crippen molar-refractivity contribution in [2.75, 3.05) is 53.1 Å². The number of benzene rings is 2. The van der Waals surface area contributed by atoms with Crippen molar-refractivity contribution in [1.29, 1.82) is 0 Å². The Morgan fingerprint density at radius 3 is 2.55 bits per heavy atom. The summed E-state index contributed by atoms with van der Waals surface area (Å²) in [6.07, 6.45) is 4.04. The molecule has 12 heteroatoms. The Morgan fingerprint density at radius 2 is 1.82 bits per heavy atom. The van der Waals surface area contributed by atoms with E-state index in [9.17, 15) is 9.18 Å². The second-order valence-electron chi connectivity index (χ2n) is 12.1. The molecule has 0 spiro atoms. The van der Waals surface area contributed by atoms with Crippen molar-refractivity contribution >= 4 is 16.9 Å². The minimum Gasteiger partial charge on any atom is -0.492 e. The molecule has 10 nitrogen and oxygen atoms in total. The summed E-state index contributed by atoms with van der Waals surface area (Å²) in [4.78, 5) is 21.8. The van der Waals surface area contributed by atoms with Crippen LogP contribution in [0.2, 0.25) is 0 Å². The van der Waals surface area contributed by atoms with Crippen LogP contribution in [0.5, 0.6) is 11.5 Å². The molecule has 0 N–H and O–H groups in total. The first-order valence-corrected chi connectivity index (χ1v) is 16.4. The van der Waals surface area contributed by atoms with Gasteiger partial charge in [-0.1, -0.05) is 6.58 Å². The highest BCUT2D eigenvalue weighted by molar-refractivity contribution is 6.06. The maximum Gasteiger partial charge on any atom is 0.246 e. The van der Waals surface area contributed by atoms with Crippen LogP contribution in [-0.4, -0.2) is 83.6 Å². The van der Waals surface area contributed by atoms with Crippen LogP contribution in [0.15, 0.2) is 71.9 Å². The molecule has 7 rings (SSSR count). The Hall–Kier alpha value is -5.07. The number of ether oxygens (including phenoxy) is 3. The van der Waals surface area contributed by atoms with Crippen molar-refractivity contribution in [2.24, 2.45) is 0 Å². The van der Waals surface area contributed by atoms with E-state index >= 15 is 4.39 Å². The van der Waals surface area contributed by atoms with Gasteiger partial charge in [-0.3, -0.25) is 14.4 Å². The van der Waals surface area contributed by atoms with Gasteiger partial charge in [0.2, 0.25) is 5.91 Å². The smallest absolute Gasteiger partial charge is 0.246 e. The number of rotatable bonds is 12. The highest BCUT2D eigenvalue weighted by Crippen LogP contribution is 2.46. The van der Waals surface area contributed by atoms with Crippen molar-refractivity contribution in [3.63, 3.8) is 0 Å². The van der Waals surface area contributed by atoms with Gasteiger partial charge in [0, 0.05) is 48.8 Å². The second-order valence-corrected chi connectivity index (χ2v) is 12.1. The number of carbonyl (C=O) groups is 1. The van der Waals surface area contributed by atoms with Crippen LogP contribution in [0.1, 0.15) is 25.1 Å². The van der Waals surface area contributed by atoms with Crippen molar-refractivity contribution in [1.82, 2.24) is 24.6 Å². The molecule has 1 fully saturated rings. The van der Waals surface area contributed by atoms with Gasteiger partial charge in [0.25, 0.3) is 0 Å². The van der Waals surface area contributed by atoms with Crippen LogP contribution in [-0.2, 0) is 16.1 Å². The third-order valence-electron chi connectivity index (χ3n) is 9.14. The molecule has 2 aliphatic rings. The Bertz CT molecular complexity index is 2000. The summed E-state index contributed by atoms with van der Waals surface area (Å²) >= 11 is 0. The Labute approximate surface area is 282 Å². The molecule has 254 valence electrons. The molecule has 0 saturated carbocycles. The van der Waals surface area contributed by atoms with Gasteiger partial charge in [0.15, 0.2) is 5.58 Å². The van der Waals surface area contributed by atoms with Gasteiger partial charge >= 0.3 is 0 Å². The first-order valence-electron chi connectivity index (χ1n) is 16.4. The number of methoxy groups -OCH3 is 1. The van der Waals surface area contributed by atoms with E-state index in [4.69, 9.17) is 28.7 Å². The average molecular weight is 670 g/mol. The number of likely N-dealkylation sites (tertiary alicyclic amines) is 1. The van der Waals surface area contributed by atoms with Crippen LogP contribution in [0.4, 0.5) is 8.78 Å². The van der Waals surface area contributed by atoms with Crippen LogP contribution < -0.4 is 9.47 Å². The Morgan fingerprint density at radius 1 is 1.00 bits per heavy atom. The molecule has 1 amide bonds. The number of nitrogens with zero attached hydrogens (tertiary/aromatic N) is 5. The number of halogens is 2. The van der Waals surface area contributed by atoms with E-state index in [-0.39, 0.29) is 36.5 Å². The van der Waals surface area contributed by atoms with Crippen LogP contribution in [0, 0.1) is 11.6 Å². The Kier molecular flexibility index (Phi) is 9.15. The van der Waals surface area contributed by atoms with E-state index in [2.05, 4.69) is 11.5 Å². The van der Waals surface area contributed by atoms with Gasteiger partial charge in [-0.15, -0.1) is 0 Å². The molecule has 49 heavy (non-hydrogen) atoms. The van der Waals surface area contributed by atoms with Crippen LogP contribution in [0.25, 0.3) is 44.7 Å². The fourth-order valence-corrected chi connectivity index (χ4v) is 6.45. The summed E-state index contributed by atoms with van der Waals surface area (Å²) in [5.74, 6) is -1.06. The molecule has 0 radical (unpaired) electrons. The maximum atomic E-state index is 16.0. The molecule has 1 saturated heterocycles. The SMILES string of the molecule is C=CC(=O)N1CCn2nc(-c3nc(-c4ccc(OCCN5CCC5)cc4)c4occc4c3-c3c(F)cc(F)cc3OCCOC)cc2C1C. The highest BCUT2D eigenvalue weighted by atomic mass is 19.1. The minimum atomic E-state index is -0.828. The van der Waals surface area contributed by atoms with E-state index in [1.807, 2.05) is 41.9 Å². The van der Waals surface area contributed by atoms with E-state index in [0.717, 1.165) is 48.8 Å². The maximum absolute atomic E-state index is 16.0. The van der Waals surface area contributed by atoms with E-state index < -0.39 is 11.6 Å². The molecule has 0 aliphatic carbocycles. The van der Waals surface area contributed by atoms with Crippen molar-refractivity contribution in [3.8, 4) is 45.3 Å². The van der Waals surface area contributed by atoms with Crippen molar-refractivity contribution in [2.45, 2.75) is 25.9 Å². The second kappa shape index (κ2) is 13.8. The van der Waals surface area contributed by atoms with Gasteiger partial charge < -0.3 is 23.5 Å². The summed E-state index contributed by atoms with van der Waals surface area (Å²) < 4.78 is 55.5. The highest BCUT2D eigenvalue weighted by Gasteiger charge is 2.31.